The number of aryl methyl sites for hydroxylation is 1. The molecule has 0 atom stereocenters. The highest BCUT2D eigenvalue weighted by atomic mass is 79.9. The van der Waals surface area contributed by atoms with Crippen molar-refractivity contribution >= 4 is 39.8 Å². The van der Waals surface area contributed by atoms with Gasteiger partial charge in [-0.15, -0.1) is 0 Å². The highest BCUT2D eigenvalue weighted by Crippen LogP contribution is 2.31. The molecular weight excluding hydrogens is 462 g/mol. The van der Waals surface area contributed by atoms with Crippen LogP contribution in [0.1, 0.15) is 5.69 Å². The first kappa shape index (κ1) is 22.8. The predicted molar refractivity (Wildman–Crippen MR) is 116 cm³/mol. The molecule has 0 aliphatic heterocycles. The number of rotatable bonds is 9. The Hall–Kier alpha value is -1.49. The molecule has 0 saturated heterocycles. The van der Waals surface area contributed by atoms with E-state index in [1.807, 2.05) is 0 Å². The van der Waals surface area contributed by atoms with Gasteiger partial charge in [-0.3, -0.25) is 0 Å². The van der Waals surface area contributed by atoms with Crippen molar-refractivity contribution in [3.8, 4) is 5.88 Å². The van der Waals surface area contributed by atoms with Gasteiger partial charge in [0.15, 0.2) is 0 Å². The first-order valence-electron chi connectivity index (χ1n) is 8.79. The van der Waals surface area contributed by atoms with Crippen molar-refractivity contribution in [2.75, 3.05) is 24.8 Å². The number of aromatic nitrogens is 2. The minimum absolute atomic E-state index is 0.0943. The third-order valence-electron chi connectivity index (χ3n) is 3.88. The molecule has 0 radical (unpaired) electrons. The van der Waals surface area contributed by atoms with Crippen molar-refractivity contribution < 1.29 is 17.9 Å². The van der Waals surface area contributed by atoms with E-state index in [1.165, 1.54) is 19.4 Å². The molecule has 0 spiro atoms. The zero-order chi connectivity index (χ0) is 20.9. The summed E-state index contributed by atoms with van der Waals surface area (Å²) in [5.41, 5.74) is 0.624. The Bertz CT molecular complexity index is 919. The largest absolute Gasteiger partial charge is 0.478 e. The number of nitrogens with zero attached hydrogens (tertiary/aromatic N) is 3. The van der Waals surface area contributed by atoms with Crippen LogP contribution < -0.4 is 9.04 Å². The molecule has 0 unspecified atom stereocenters. The lowest BCUT2D eigenvalue weighted by atomic mass is 10.4. The molecule has 10 heteroatoms. The van der Waals surface area contributed by atoms with Gasteiger partial charge in [0.2, 0.25) is 5.82 Å². The summed E-state index contributed by atoms with van der Waals surface area (Å²) in [4.78, 5) is 8.65. The Morgan fingerprint density at radius 2 is 1.89 bits per heavy atom. The predicted octanol–water partition coefficient (Wildman–Crippen LogP) is 4.06. The average Bonchev–Trinajstić information content (AvgIpc) is 2.61. The molecule has 0 aliphatic carbocycles. The van der Waals surface area contributed by atoms with Crippen LogP contribution in [0.25, 0.3) is 0 Å². The fourth-order valence-electron chi connectivity index (χ4n) is 2.30. The van der Waals surface area contributed by atoms with Crippen LogP contribution >= 0.6 is 15.9 Å². The van der Waals surface area contributed by atoms with E-state index in [9.17, 15) is 8.42 Å². The fourth-order valence-corrected chi connectivity index (χ4v) is 5.32. The van der Waals surface area contributed by atoms with Gasteiger partial charge in [-0.1, -0.05) is 31.8 Å². The molecule has 154 valence electrons. The summed E-state index contributed by atoms with van der Waals surface area (Å²) < 4.78 is 39.4. The molecule has 2 rings (SSSR count). The van der Waals surface area contributed by atoms with E-state index in [-0.39, 0.29) is 23.3 Å². The van der Waals surface area contributed by atoms with Gasteiger partial charge >= 0.3 is 0 Å². The highest BCUT2D eigenvalue weighted by Gasteiger charge is 2.31. The Kier molecular flexibility index (Phi) is 7.60. The van der Waals surface area contributed by atoms with E-state index >= 15 is 0 Å². The number of anilines is 1. The van der Waals surface area contributed by atoms with Crippen LogP contribution in [0.15, 0.2) is 39.8 Å². The maximum atomic E-state index is 13.4. The number of halogens is 1. The van der Waals surface area contributed by atoms with Crippen LogP contribution in [0.2, 0.25) is 25.7 Å². The number of ether oxygens (including phenoxy) is 2. The van der Waals surface area contributed by atoms with Crippen molar-refractivity contribution in [3.63, 3.8) is 0 Å². The summed E-state index contributed by atoms with van der Waals surface area (Å²) in [7, 11) is -3.83. The smallest absolute Gasteiger partial charge is 0.268 e. The normalized spacial score (nSPS) is 12.1. The number of hydrogen-bond donors (Lipinski definition) is 0. The second-order valence-electron chi connectivity index (χ2n) is 7.48. The first-order valence-corrected chi connectivity index (χ1v) is 14.7. The summed E-state index contributed by atoms with van der Waals surface area (Å²) in [6.45, 7) is 8.76. The van der Waals surface area contributed by atoms with Gasteiger partial charge in [0, 0.05) is 19.2 Å². The second kappa shape index (κ2) is 9.34. The van der Waals surface area contributed by atoms with Crippen molar-refractivity contribution in [1.82, 2.24) is 9.97 Å². The minimum atomic E-state index is -3.96. The van der Waals surface area contributed by atoms with Crippen molar-refractivity contribution in [2.24, 2.45) is 0 Å². The van der Waals surface area contributed by atoms with E-state index in [2.05, 4.69) is 45.5 Å². The number of sulfonamides is 1. The molecule has 0 fully saturated rings. The molecule has 2 aromatic rings. The van der Waals surface area contributed by atoms with Gasteiger partial charge in [-0.25, -0.2) is 22.7 Å². The molecule has 0 bridgehead atoms. The van der Waals surface area contributed by atoms with Gasteiger partial charge in [0.25, 0.3) is 15.9 Å². The van der Waals surface area contributed by atoms with Crippen LogP contribution in [0.5, 0.6) is 5.88 Å². The Morgan fingerprint density at radius 3 is 2.50 bits per heavy atom. The lowest BCUT2D eigenvalue weighted by Gasteiger charge is -2.25. The molecule has 1 aromatic heterocycles. The zero-order valence-electron chi connectivity index (χ0n) is 16.8. The first-order chi connectivity index (χ1) is 13.1. The topological polar surface area (TPSA) is 81.6 Å². The Labute approximate surface area is 176 Å². The molecule has 0 aliphatic rings. The Balaban J connectivity index is 2.43. The Morgan fingerprint density at radius 1 is 1.21 bits per heavy atom. The summed E-state index contributed by atoms with van der Waals surface area (Å²) in [6.07, 6.45) is 1.50. The second-order valence-corrected chi connectivity index (χ2v) is 15.8. The fraction of sp³-hybridized carbons (Fsp3) is 0.444. The molecule has 0 saturated carbocycles. The number of benzene rings is 1. The molecular formula is C18H26BrN3O4SSi. The maximum absolute atomic E-state index is 13.4. The van der Waals surface area contributed by atoms with Gasteiger partial charge < -0.3 is 9.47 Å². The van der Waals surface area contributed by atoms with Crippen molar-refractivity contribution in [3.05, 3.63) is 40.6 Å². The van der Waals surface area contributed by atoms with E-state index in [0.717, 1.165) is 10.3 Å². The number of methoxy groups -OCH3 is 1. The van der Waals surface area contributed by atoms with Gasteiger partial charge in [-0.05, 0) is 41.0 Å². The molecule has 28 heavy (non-hydrogen) atoms. The van der Waals surface area contributed by atoms with Crippen LogP contribution in [0, 0.1) is 6.92 Å². The van der Waals surface area contributed by atoms with Gasteiger partial charge in [0.1, 0.15) is 11.6 Å². The maximum Gasteiger partial charge on any atom is 0.268 e. The van der Waals surface area contributed by atoms with Crippen LogP contribution in [0.3, 0.4) is 0 Å². The lowest BCUT2D eigenvalue weighted by molar-refractivity contribution is 0.155. The van der Waals surface area contributed by atoms with E-state index in [0.29, 0.717) is 16.8 Å². The molecule has 1 heterocycles. The van der Waals surface area contributed by atoms with Crippen molar-refractivity contribution in [1.29, 1.82) is 0 Å². The van der Waals surface area contributed by atoms with Crippen LogP contribution in [-0.2, 0) is 14.8 Å². The highest BCUT2D eigenvalue weighted by molar-refractivity contribution is 9.10. The van der Waals surface area contributed by atoms with E-state index < -0.39 is 18.1 Å². The quantitative estimate of drug-likeness (QED) is 0.301. The van der Waals surface area contributed by atoms with Crippen LogP contribution in [-0.4, -0.2) is 46.9 Å². The SMILES string of the molecule is COc1nc(C)cnc1N(COCC[Si](C)(C)C)S(=O)(=O)c1ccccc1Br. The summed E-state index contributed by atoms with van der Waals surface area (Å²) in [5, 5.41) is 0. The lowest BCUT2D eigenvalue weighted by Crippen LogP contribution is -2.35. The van der Waals surface area contributed by atoms with E-state index in [4.69, 9.17) is 9.47 Å². The number of hydrogen-bond acceptors (Lipinski definition) is 6. The summed E-state index contributed by atoms with van der Waals surface area (Å²) >= 11 is 3.32. The van der Waals surface area contributed by atoms with Crippen molar-refractivity contribution in [2.45, 2.75) is 37.5 Å². The zero-order valence-corrected chi connectivity index (χ0v) is 20.2. The molecule has 1 aromatic carbocycles. The van der Waals surface area contributed by atoms with E-state index in [1.54, 1.807) is 25.1 Å². The molecule has 0 N–H and O–H groups in total. The monoisotopic (exact) mass is 487 g/mol. The molecule has 0 amide bonds. The standard InChI is InChI=1S/C18H26BrN3O4SSi/c1-14-12-20-17(18(21-14)25-2)22(13-26-10-11-28(3,4)5)27(23,24)16-9-7-6-8-15(16)19/h6-9,12H,10-11,13H2,1-5H3. The summed E-state index contributed by atoms with van der Waals surface area (Å²) in [5.74, 6) is 0.223. The van der Waals surface area contributed by atoms with Crippen LogP contribution in [0.4, 0.5) is 5.82 Å². The molecule has 7 nitrogen and oxygen atoms in total. The van der Waals surface area contributed by atoms with Gasteiger partial charge in [0.05, 0.1) is 19.0 Å². The third-order valence-corrected chi connectivity index (χ3v) is 8.31. The third kappa shape index (κ3) is 5.76. The summed E-state index contributed by atoms with van der Waals surface area (Å²) in [6, 6.07) is 7.55. The average molecular weight is 488 g/mol. The minimum Gasteiger partial charge on any atom is -0.478 e. The van der Waals surface area contributed by atoms with Gasteiger partial charge in [-0.2, -0.15) is 0 Å².